The van der Waals surface area contributed by atoms with Crippen molar-refractivity contribution in [1.29, 1.82) is 0 Å². The Labute approximate surface area is 208 Å². The zero-order valence-corrected chi connectivity index (χ0v) is 21.2. The number of amides is 2. The van der Waals surface area contributed by atoms with Crippen molar-refractivity contribution in [3.63, 3.8) is 0 Å². The summed E-state index contributed by atoms with van der Waals surface area (Å²) in [5.74, 6) is -0.992. The zero-order chi connectivity index (χ0) is 24.9. The second-order valence-electron chi connectivity index (χ2n) is 8.98. The molecule has 0 atom stereocenters. The third kappa shape index (κ3) is 6.75. The Balaban J connectivity index is 1.88. The molecule has 0 fully saturated rings. The van der Waals surface area contributed by atoms with Gasteiger partial charge in [0, 0.05) is 21.3 Å². The quantitative estimate of drug-likeness (QED) is 0.294. The van der Waals surface area contributed by atoms with E-state index in [-0.39, 0.29) is 16.9 Å². The summed E-state index contributed by atoms with van der Waals surface area (Å²) in [6, 6.07) is 21.4. The Morgan fingerprint density at radius 3 is 2.09 bits per heavy atom. The van der Waals surface area contributed by atoms with E-state index in [1.165, 1.54) is 6.92 Å². The number of nitrogens with one attached hydrogen (secondary N) is 2. The van der Waals surface area contributed by atoms with Crippen LogP contribution in [0.3, 0.4) is 0 Å². The molecule has 0 aliphatic heterocycles. The van der Waals surface area contributed by atoms with Gasteiger partial charge in [0.2, 0.25) is 0 Å². The normalized spacial score (nSPS) is 11.6. The molecule has 0 radical (unpaired) electrons. The van der Waals surface area contributed by atoms with Gasteiger partial charge in [-0.25, -0.2) is 0 Å². The smallest absolute Gasteiger partial charge is 0.272 e. The lowest BCUT2D eigenvalue weighted by molar-refractivity contribution is -0.113. The summed E-state index contributed by atoms with van der Waals surface area (Å²) in [4.78, 5) is 37.8. The Morgan fingerprint density at radius 2 is 1.50 bits per heavy atom. The molecular weight excluding hydrogens is 492 g/mol. The molecule has 0 bridgehead atoms. The van der Waals surface area contributed by atoms with Gasteiger partial charge in [0.15, 0.2) is 5.78 Å². The van der Waals surface area contributed by atoms with Crippen molar-refractivity contribution in [2.45, 2.75) is 33.1 Å². The van der Waals surface area contributed by atoms with Gasteiger partial charge in [-0.15, -0.1) is 0 Å². The monoisotopic (exact) mass is 518 g/mol. The highest BCUT2D eigenvalue weighted by molar-refractivity contribution is 9.10. The number of rotatable bonds is 6. The fraction of sp³-hybridized carbons (Fsp3) is 0.179. The van der Waals surface area contributed by atoms with Crippen LogP contribution in [-0.2, 0) is 10.2 Å². The first-order valence-corrected chi connectivity index (χ1v) is 11.6. The van der Waals surface area contributed by atoms with Gasteiger partial charge < -0.3 is 10.6 Å². The minimum atomic E-state index is -0.497. The minimum Gasteiger partial charge on any atom is -0.321 e. The highest BCUT2D eigenvalue weighted by Crippen LogP contribution is 2.22. The Hall–Kier alpha value is -3.51. The highest BCUT2D eigenvalue weighted by atomic mass is 79.9. The second kappa shape index (κ2) is 10.6. The molecule has 0 saturated heterocycles. The maximum atomic E-state index is 13.1. The van der Waals surface area contributed by atoms with Crippen molar-refractivity contribution in [2.75, 3.05) is 5.32 Å². The topological polar surface area (TPSA) is 75.3 Å². The summed E-state index contributed by atoms with van der Waals surface area (Å²) in [5.41, 5.74) is 3.30. The van der Waals surface area contributed by atoms with Crippen molar-refractivity contribution >= 4 is 45.3 Å². The van der Waals surface area contributed by atoms with Crippen molar-refractivity contribution < 1.29 is 14.4 Å². The number of ketones is 1. The summed E-state index contributed by atoms with van der Waals surface area (Å²) < 4.78 is 0.902. The lowest BCUT2D eigenvalue weighted by Crippen LogP contribution is -2.30. The van der Waals surface area contributed by atoms with E-state index in [1.807, 2.05) is 36.4 Å². The largest absolute Gasteiger partial charge is 0.321 e. The van der Waals surface area contributed by atoms with Crippen molar-refractivity contribution in [3.8, 4) is 0 Å². The van der Waals surface area contributed by atoms with Gasteiger partial charge in [-0.1, -0.05) is 73.1 Å². The first-order valence-electron chi connectivity index (χ1n) is 10.8. The van der Waals surface area contributed by atoms with Crippen LogP contribution >= 0.6 is 15.9 Å². The molecule has 0 spiro atoms. The molecule has 34 heavy (non-hydrogen) atoms. The van der Waals surface area contributed by atoms with Crippen LogP contribution in [0.15, 0.2) is 83.0 Å². The van der Waals surface area contributed by atoms with Crippen LogP contribution in [0.1, 0.15) is 59.5 Å². The molecule has 174 valence electrons. The van der Waals surface area contributed by atoms with Crippen molar-refractivity contribution in [1.82, 2.24) is 5.32 Å². The molecule has 0 heterocycles. The van der Waals surface area contributed by atoms with Gasteiger partial charge in [0.1, 0.15) is 5.70 Å². The summed E-state index contributed by atoms with van der Waals surface area (Å²) in [6.45, 7) is 7.77. The number of carbonyl (C=O) groups excluding carboxylic acids is 3. The van der Waals surface area contributed by atoms with Crippen LogP contribution in [0, 0.1) is 0 Å². The molecule has 3 aromatic carbocycles. The number of benzene rings is 3. The maximum Gasteiger partial charge on any atom is 0.272 e. The summed E-state index contributed by atoms with van der Waals surface area (Å²) >= 11 is 3.40. The minimum absolute atomic E-state index is 0.0318. The van der Waals surface area contributed by atoms with Gasteiger partial charge in [-0.2, -0.15) is 0 Å². The molecule has 3 rings (SSSR count). The van der Waals surface area contributed by atoms with Gasteiger partial charge in [0.05, 0.1) is 0 Å². The van der Waals surface area contributed by atoms with Gasteiger partial charge in [-0.05, 0) is 65.9 Å². The average molecular weight is 519 g/mol. The number of halogens is 1. The summed E-state index contributed by atoms with van der Waals surface area (Å²) in [7, 11) is 0. The molecular formula is C28H27BrN2O3. The molecule has 0 aliphatic rings. The number of hydrogen-bond donors (Lipinski definition) is 2. The first-order chi connectivity index (χ1) is 16.0. The molecule has 0 aromatic heterocycles. The molecule has 3 aromatic rings. The second-order valence-corrected chi connectivity index (χ2v) is 9.90. The van der Waals surface area contributed by atoms with Gasteiger partial charge in [0.25, 0.3) is 11.8 Å². The van der Waals surface area contributed by atoms with E-state index in [9.17, 15) is 14.4 Å². The van der Waals surface area contributed by atoms with Crippen LogP contribution in [0.4, 0.5) is 5.69 Å². The Kier molecular flexibility index (Phi) is 7.84. The van der Waals surface area contributed by atoms with E-state index >= 15 is 0 Å². The molecule has 0 aliphatic carbocycles. The fourth-order valence-electron chi connectivity index (χ4n) is 3.21. The number of anilines is 1. The number of carbonyl (C=O) groups is 3. The van der Waals surface area contributed by atoms with E-state index in [2.05, 4.69) is 47.3 Å². The Bertz CT molecular complexity index is 1240. The van der Waals surface area contributed by atoms with Gasteiger partial charge >= 0.3 is 0 Å². The van der Waals surface area contributed by atoms with E-state index < -0.39 is 11.8 Å². The highest BCUT2D eigenvalue weighted by Gasteiger charge is 2.17. The maximum absolute atomic E-state index is 13.1. The molecule has 2 amide bonds. The van der Waals surface area contributed by atoms with Crippen LogP contribution < -0.4 is 10.6 Å². The third-order valence-corrected chi connectivity index (χ3v) is 5.74. The lowest BCUT2D eigenvalue weighted by Gasteiger charge is -2.19. The molecule has 0 saturated carbocycles. The van der Waals surface area contributed by atoms with E-state index in [0.717, 1.165) is 15.6 Å². The zero-order valence-electron chi connectivity index (χ0n) is 19.6. The van der Waals surface area contributed by atoms with Gasteiger partial charge in [-0.3, -0.25) is 14.4 Å². The Morgan fingerprint density at radius 1 is 0.853 bits per heavy atom. The van der Waals surface area contributed by atoms with E-state index in [1.54, 1.807) is 42.5 Å². The van der Waals surface area contributed by atoms with E-state index in [0.29, 0.717) is 16.8 Å². The lowest BCUT2D eigenvalue weighted by atomic mass is 9.87. The summed E-state index contributed by atoms with van der Waals surface area (Å²) in [5, 5.41) is 5.51. The average Bonchev–Trinajstić information content (AvgIpc) is 2.79. The summed E-state index contributed by atoms with van der Waals surface area (Å²) in [6.07, 6.45) is 1.61. The molecule has 6 heteroatoms. The van der Waals surface area contributed by atoms with Crippen molar-refractivity contribution in [3.05, 3.63) is 105 Å². The number of hydrogen-bond acceptors (Lipinski definition) is 3. The van der Waals surface area contributed by atoms with Crippen molar-refractivity contribution in [2.24, 2.45) is 0 Å². The first kappa shape index (κ1) is 25.1. The van der Waals surface area contributed by atoms with Crippen LogP contribution in [-0.4, -0.2) is 17.6 Å². The standard InChI is InChI=1S/C28H27BrN2O3/c1-18(32)21-6-5-7-24(17-21)30-27(34)25(16-19-8-14-23(29)15-9-19)31-26(33)20-10-12-22(13-11-20)28(2,3)4/h5-17H,1-4H3,(H,30,34)(H,31,33). The third-order valence-electron chi connectivity index (χ3n) is 5.21. The van der Waals surface area contributed by atoms with E-state index in [4.69, 9.17) is 0 Å². The van der Waals surface area contributed by atoms with Crippen LogP contribution in [0.2, 0.25) is 0 Å². The molecule has 0 unspecified atom stereocenters. The molecule has 5 nitrogen and oxygen atoms in total. The fourth-order valence-corrected chi connectivity index (χ4v) is 3.48. The van der Waals surface area contributed by atoms with Crippen LogP contribution in [0.25, 0.3) is 6.08 Å². The number of Topliss-reactive ketones (excluding diaryl/α,β-unsaturated/α-hetero) is 1. The predicted molar refractivity (Wildman–Crippen MR) is 140 cm³/mol. The molecule has 2 N–H and O–H groups in total. The predicted octanol–water partition coefficient (Wildman–Crippen LogP) is 6.36. The SMILES string of the molecule is CC(=O)c1cccc(NC(=O)C(=Cc2ccc(Br)cc2)NC(=O)c2ccc(C(C)(C)C)cc2)c1. The van der Waals surface area contributed by atoms with Crippen LogP contribution in [0.5, 0.6) is 0 Å².